The van der Waals surface area contributed by atoms with Gasteiger partial charge in [-0.05, 0) is 30.3 Å². The SMILES string of the molecule is O=C(Nc1cc(Br)ccc1Cl)c1ccc2ccccc2n1. The Balaban J connectivity index is 1.91. The average molecular weight is 362 g/mol. The van der Waals surface area contributed by atoms with Gasteiger partial charge in [0.05, 0.1) is 16.2 Å². The quantitative estimate of drug-likeness (QED) is 0.705. The van der Waals surface area contributed by atoms with Crippen LogP contribution in [0.5, 0.6) is 0 Å². The Bertz CT molecular complexity index is 835. The highest BCUT2D eigenvalue weighted by atomic mass is 79.9. The van der Waals surface area contributed by atoms with Crippen molar-refractivity contribution in [3.63, 3.8) is 0 Å². The van der Waals surface area contributed by atoms with E-state index >= 15 is 0 Å². The van der Waals surface area contributed by atoms with Crippen molar-refractivity contribution in [1.29, 1.82) is 0 Å². The van der Waals surface area contributed by atoms with Crippen LogP contribution in [0.1, 0.15) is 10.5 Å². The molecule has 0 saturated carbocycles. The van der Waals surface area contributed by atoms with Gasteiger partial charge in [0.2, 0.25) is 0 Å². The van der Waals surface area contributed by atoms with Crippen LogP contribution in [-0.4, -0.2) is 10.9 Å². The Morgan fingerprint density at radius 3 is 2.76 bits per heavy atom. The highest BCUT2D eigenvalue weighted by Crippen LogP contribution is 2.26. The molecule has 0 fully saturated rings. The minimum atomic E-state index is -0.291. The monoisotopic (exact) mass is 360 g/mol. The summed E-state index contributed by atoms with van der Waals surface area (Å²) in [5.74, 6) is -0.291. The molecular weight excluding hydrogens is 352 g/mol. The van der Waals surface area contributed by atoms with Gasteiger partial charge in [-0.2, -0.15) is 0 Å². The van der Waals surface area contributed by atoms with Crippen LogP contribution in [0.2, 0.25) is 5.02 Å². The third-order valence-corrected chi connectivity index (χ3v) is 3.83. The van der Waals surface area contributed by atoms with E-state index in [4.69, 9.17) is 11.6 Å². The van der Waals surface area contributed by atoms with Crippen LogP contribution in [-0.2, 0) is 0 Å². The molecule has 1 amide bonds. The predicted octanol–water partition coefficient (Wildman–Crippen LogP) is 4.90. The fourth-order valence-electron chi connectivity index (χ4n) is 1.97. The van der Waals surface area contributed by atoms with Crippen LogP contribution in [0.25, 0.3) is 10.9 Å². The molecule has 2 aromatic carbocycles. The van der Waals surface area contributed by atoms with Gasteiger partial charge in [-0.15, -0.1) is 0 Å². The van der Waals surface area contributed by atoms with Gasteiger partial charge >= 0.3 is 0 Å². The van der Waals surface area contributed by atoms with E-state index in [-0.39, 0.29) is 5.91 Å². The summed E-state index contributed by atoms with van der Waals surface area (Å²) < 4.78 is 0.841. The van der Waals surface area contributed by atoms with Gasteiger partial charge in [-0.1, -0.05) is 51.8 Å². The average Bonchev–Trinajstić information content (AvgIpc) is 2.50. The maximum Gasteiger partial charge on any atom is 0.274 e. The van der Waals surface area contributed by atoms with Crippen molar-refractivity contribution >= 4 is 50.0 Å². The van der Waals surface area contributed by atoms with Gasteiger partial charge in [-0.25, -0.2) is 4.98 Å². The first-order valence-corrected chi connectivity index (χ1v) is 7.43. The topological polar surface area (TPSA) is 42.0 Å². The zero-order chi connectivity index (χ0) is 14.8. The van der Waals surface area contributed by atoms with Gasteiger partial charge in [0.1, 0.15) is 5.69 Å². The number of para-hydroxylation sites is 1. The van der Waals surface area contributed by atoms with Crippen molar-refractivity contribution in [2.45, 2.75) is 0 Å². The normalized spacial score (nSPS) is 10.6. The van der Waals surface area contributed by atoms with E-state index < -0.39 is 0 Å². The molecule has 3 aromatic rings. The van der Waals surface area contributed by atoms with Crippen LogP contribution >= 0.6 is 27.5 Å². The van der Waals surface area contributed by atoms with Crippen molar-refractivity contribution < 1.29 is 4.79 Å². The Kier molecular flexibility index (Phi) is 3.90. The smallest absolute Gasteiger partial charge is 0.274 e. The molecule has 0 spiro atoms. The lowest BCUT2D eigenvalue weighted by atomic mass is 10.2. The van der Waals surface area contributed by atoms with Gasteiger partial charge in [0, 0.05) is 9.86 Å². The number of pyridine rings is 1. The van der Waals surface area contributed by atoms with Crippen LogP contribution in [0.15, 0.2) is 59.1 Å². The highest BCUT2D eigenvalue weighted by Gasteiger charge is 2.10. The summed E-state index contributed by atoms with van der Waals surface area (Å²) in [6.07, 6.45) is 0. The lowest BCUT2D eigenvalue weighted by Gasteiger charge is -2.08. The molecule has 0 unspecified atom stereocenters. The van der Waals surface area contributed by atoms with Crippen molar-refractivity contribution in [1.82, 2.24) is 4.98 Å². The van der Waals surface area contributed by atoms with E-state index in [1.165, 1.54) is 0 Å². The number of hydrogen-bond acceptors (Lipinski definition) is 2. The minimum Gasteiger partial charge on any atom is -0.319 e. The van der Waals surface area contributed by atoms with Crippen LogP contribution in [0.3, 0.4) is 0 Å². The number of aromatic nitrogens is 1. The fraction of sp³-hybridized carbons (Fsp3) is 0. The first-order valence-electron chi connectivity index (χ1n) is 6.26. The molecule has 0 aliphatic heterocycles. The van der Waals surface area contributed by atoms with Gasteiger partial charge in [0.15, 0.2) is 0 Å². The van der Waals surface area contributed by atoms with Gasteiger partial charge in [-0.3, -0.25) is 4.79 Å². The number of fused-ring (bicyclic) bond motifs is 1. The molecule has 0 saturated heterocycles. The second kappa shape index (κ2) is 5.84. The predicted molar refractivity (Wildman–Crippen MR) is 88.8 cm³/mol. The maximum atomic E-state index is 12.3. The Labute approximate surface area is 135 Å². The standard InChI is InChI=1S/C16H10BrClN2O/c17-11-6-7-12(18)15(9-11)20-16(21)14-8-5-10-3-1-2-4-13(10)19-14/h1-9H,(H,20,21). The van der Waals surface area contributed by atoms with Crippen LogP contribution in [0.4, 0.5) is 5.69 Å². The molecule has 3 rings (SSSR count). The second-order valence-electron chi connectivity index (χ2n) is 4.47. The summed E-state index contributed by atoms with van der Waals surface area (Å²) in [4.78, 5) is 16.6. The van der Waals surface area contributed by atoms with Gasteiger partial charge in [0.25, 0.3) is 5.91 Å². The Morgan fingerprint density at radius 2 is 1.90 bits per heavy atom. The number of nitrogens with zero attached hydrogens (tertiary/aromatic N) is 1. The number of anilines is 1. The van der Waals surface area contributed by atoms with Crippen LogP contribution in [0, 0.1) is 0 Å². The van der Waals surface area contributed by atoms with E-state index in [1.807, 2.05) is 36.4 Å². The summed E-state index contributed by atoms with van der Waals surface area (Å²) in [7, 11) is 0. The molecule has 0 atom stereocenters. The number of hydrogen-bond donors (Lipinski definition) is 1. The lowest BCUT2D eigenvalue weighted by Crippen LogP contribution is -2.13. The first-order chi connectivity index (χ1) is 10.1. The summed E-state index contributed by atoms with van der Waals surface area (Å²) in [6.45, 7) is 0. The number of benzene rings is 2. The Morgan fingerprint density at radius 1 is 1.10 bits per heavy atom. The molecule has 0 aliphatic rings. The largest absolute Gasteiger partial charge is 0.319 e. The number of halogens is 2. The van der Waals surface area contributed by atoms with Crippen molar-refractivity contribution in [2.75, 3.05) is 5.32 Å². The highest BCUT2D eigenvalue weighted by molar-refractivity contribution is 9.10. The molecule has 104 valence electrons. The molecule has 0 radical (unpaired) electrons. The fourth-order valence-corrected chi connectivity index (χ4v) is 2.50. The number of nitrogens with one attached hydrogen (secondary N) is 1. The summed E-state index contributed by atoms with van der Waals surface area (Å²) >= 11 is 9.42. The Hall–Kier alpha value is -1.91. The number of rotatable bonds is 2. The minimum absolute atomic E-state index is 0.291. The van der Waals surface area contributed by atoms with E-state index in [0.717, 1.165) is 15.4 Å². The zero-order valence-corrected chi connectivity index (χ0v) is 13.1. The third kappa shape index (κ3) is 3.06. The molecule has 21 heavy (non-hydrogen) atoms. The third-order valence-electron chi connectivity index (χ3n) is 3.01. The summed E-state index contributed by atoms with van der Waals surface area (Å²) in [5, 5.41) is 4.24. The van der Waals surface area contributed by atoms with E-state index in [1.54, 1.807) is 18.2 Å². The van der Waals surface area contributed by atoms with Crippen molar-refractivity contribution in [2.24, 2.45) is 0 Å². The van der Waals surface area contributed by atoms with E-state index in [0.29, 0.717) is 16.4 Å². The van der Waals surface area contributed by atoms with Crippen LogP contribution < -0.4 is 5.32 Å². The maximum absolute atomic E-state index is 12.3. The molecule has 3 nitrogen and oxygen atoms in total. The molecule has 1 aromatic heterocycles. The second-order valence-corrected chi connectivity index (χ2v) is 5.79. The van der Waals surface area contributed by atoms with Crippen molar-refractivity contribution in [3.8, 4) is 0 Å². The number of carbonyl (C=O) groups is 1. The number of carbonyl (C=O) groups excluding carboxylic acids is 1. The van der Waals surface area contributed by atoms with E-state index in [9.17, 15) is 4.79 Å². The first kappa shape index (κ1) is 14.0. The van der Waals surface area contributed by atoms with Gasteiger partial charge < -0.3 is 5.32 Å². The lowest BCUT2D eigenvalue weighted by molar-refractivity contribution is 0.102. The van der Waals surface area contributed by atoms with E-state index in [2.05, 4.69) is 26.2 Å². The summed E-state index contributed by atoms with van der Waals surface area (Å²) in [6, 6.07) is 16.5. The molecular formula is C16H10BrClN2O. The summed E-state index contributed by atoms with van der Waals surface area (Å²) in [5.41, 5.74) is 1.68. The molecule has 1 N–H and O–H groups in total. The molecule has 0 aliphatic carbocycles. The van der Waals surface area contributed by atoms with Crippen molar-refractivity contribution in [3.05, 3.63) is 69.8 Å². The molecule has 5 heteroatoms. The molecule has 1 heterocycles. The molecule has 0 bridgehead atoms. The number of amides is 1. The zero-order valence-electron chi connectivity index (χ0n) is 10.8.